The Hall–Kier alpha value is -0.800. The molecule has 0 bridgehead atoms. The molecule has 0 spiro atoms. The van der Waals surface area contributed by atoms with Gasteiger partial charge in [-0.15, -0.1) is 0 Å². The number of aryl methyl sites for hydroxylation is 1. The third-order valence-electron chi connectivity index (χ3n) is 4.38. The molecule has 0 saturated heterocycles. The average molecular weight is 279 g/mol. The van der Waals surface area contributed by atoms with E-state index in [0.29, 0.717) is 6.10 Å². The Kier molecular flexibility index (Phi) is 5.28. The molecule has 1 aromatic heterocycles. The fourth-order valence-electron chi connectivity index (χ4n) is 3.39. The molecule has 1 heterocycles. The SMILES string of the molecule is CCC(N)C(OC1CC(C)CC(C)C1)c1ccc(C)o1. The minimum atomic E-state index is -0.115. The summed E-state index contributed by atoms with van der Waals surface area (Å²) in [5.41, 5.74) is 6.26. The van der Waals surface area contributed by atoms with Crippen LogP contribution >= 0.6 is 0 Å². The highest BCUT2D eigenvalue weighted by molar-refractivity contribution is 5.10. The molecule has 1 aromatic rings. The summed E-state index contributed by atoms with van der Waals surface area (Å²) in [5, 5.41) is 0. The maximum atomic E-state index is 6.37. The number of hydrogen-bond donors (Lipinski definition) is 1. The molecule has 1 saturated carbocycles. The summed E-state index contributed by atoms with van der Waals surface area (Å²) in [6.45, 7) is 8.70. The van der Waals surface area contributed by atoms with Crippen molar-refractivity contribution >= 4 is 0 Å². The summed E-state index contributed by atoms with van der Waals surface area (Å²) < 4.78 is 12.1. The second kappa shape index (κ2) is 6.77. The van der Waals surface area contributed by atoms with Gasteiger partial charge in [0.1, 0.15) is 17.6 Å². The maximum Gasteiger partial charge on any atom is 0.134 e. The summed E-state index contributed by atoms with van der Waals surface area (Å²) in [6, 6.07) is 3.99. The van der Waals surface area contributed by atoms with Crippen molar-refractivity contribution in [1.82, 2.24) is 0 Å². The van der Waals surface area contributed by atoms with Crippen molar-refractivity contribution in [2.45, 2.75) is 71.6 Å². The van der Waals surface area contributed by atoms with Gasteiger partial charge in [0.25, 0.3) is 0 Å². The highest BCUT2D eigenvalue weighted by Gasteiger charge is 2.30. The van der Waals surface area contributed by atoms with Gasteiger partial charge in [0, 0.05) is 6.04 Å². The zero-order chi connectivity index (χ0) is 14.7. The first-order valence-electron chi connectivity index (χ1n) is 7.97. The molecule has 3 heteroatoms. The van der Waals surface area contributed by atoms with Crippen LogP contribution in [0.2, 0.25) is 0 Å². The van der Waals surface area contributed by atoms with Gasteiger partial charge in [0.15, 0.2) is 0 Å². The maximum absolute atomic E-state index is 6.37. The molecule has 1 fully saturated rings. The van der Waals surface area contributed by atoms with Gasteiger partial charge in [-0.05, 0) is 56.6 Å². The second-order valence-corrected chi connectivity index (χ2v) is 6.62. The molecule has 0 amide bonds. The van der Waals surface area contributed by atoms with Gasteiger partial charge in [-0.25, -0.2) is 0 Å². The highest BCUT2D eigenvalue weighted by atomic mass is 16.5. The Bertz CT molecular complexity index is 405. The first-order chi connectivity index (χ1) is 9.49. The van der Waals surface area contributed by atoms with Crippen LogP contribution < -0.4 is 5.73 Å². The molecule has 2 N–H and O–H groups in total. The summed E-state index contributed by atoms with van der Waals surface area (Å²) in [4.78, 5) is 0. The minimum absolute atomic E-state index is 0.00640. The third kappa shape index (κ3) is 3.86. The molecule has 2 rings (SSSR count). The summed E-state index contributed by atoms with van der Waals surface area (Å²) in [7, 11) is 0. The van der Waals surface area contributed by atoms with Crippen molar-refractivity contribution in [2.24, 2.45) is 17.6 Å². The molecule has 0 aliphatic heterocycles. The molecular formula is C17H29NO2. The van der Waals surface area contributed by atoms with E-state index in [1.807, 2.05) is 19.1 Å². The Morgan fingerprint density at radius 1 is 1.25 bits per heavy atom. The quantitative estimate of drug-likeness (QED) is 0.878. The van der Waals surface area contributed by atoms with Crippen molar-refractivity contribution in [3.05, 3.63) is 23.7 Å². The third-order valence-corrected chi connectivity index (χ3v) is 4.38. The Morgan fingerprint density at radius 3 is 2.40 bits per heavy atom. The van der Waals surface area contributed by atoms with Gasteiger partial charge >= 0.3 is 0 Å². The Morgan fingerprint density at radius 2 is 1.90 bits per heavy atom. The van der Waals surface area contributed by atoms with E-state index in [0.717, 1.165) is 42.6 Å². The van der Waals surface area contributed by atoms with Crippen molar-refractivity contribution in [1.29, 1.82) is 0 Å². The van der Waals surface area contributed by atoms with Crippen molar-refractivity contribution < 1.29 is 9.15 Å². The minimum Gasteiger partial charge on any atom is -0.464 e. The normalized spacial score (nSPS) is 30.1. The number of ether oxygens (including phenoxy) is 1. The van der Waals surface area contributed by atoms with Crippen LogP contribution in [0.25, 0.3) is 0 Å². The zero-order valence-electron chi connectivity index (χ0n) is 13.3. The number of rotatable bonds is 5. The van der Waals surface area contributed by atoms with Crippen LogP contribution in [0.1, 0.15) is 64.1 Å². The lowest BCUT2D eigenvalue weighted by Gasteiger charge is -2.34. The van der Waals surface area contributed by atoms with Crippen LogP contribution in [-0.2, 0) is 4.74 Å². The first kappa shape index (κ1) is 15.6. The zero-order valence-corrected chi connectivity index (χ0v) is 13.3. The van der Waals surface area contributed by atoms with Crippen molar-refractivity contribution in [3.63, 3.8) is 0 Å². The van der Waals surface area contributed by atoms with Crippen LogP contribution in [0.3, 0.4) is 0 Å². The van der Waals surface area contributed by atoms with Crippen molar-refractivity contribution in [3.8, 4) is 0 Å². The number of nitrogens with two attached hydrogens (primary N) is 1. The Balaban J connectivity index is 2.08. The molecule has 0 radical (unpaired) electrons. The van der Waals surface area contributed by atoms with E-state index < -0.39 is 0 Å². The van der Waals surface area contributed by atoms with Gasteiger partial charge in [-0.3, -0.25) is 0 Å². The lowest BCUT2D eigenvalue weighted by Crippen LogP contribution is -2.35. The van der Waals surface area contributed by atoms with E-state index in [-0.39, 0.29) is 12.1 Å². The molecule has 0 aromatic carbocycles. The van der Waals surface area contributed by atoms with Gasteiger partial charge in [-0.2, -0.15) is 0 Å². The summed E-state index contributed by atoms with van der Waals surface area (Å²) in [6.07, 6.45) is 4.67. The summed E-state index contributed by atoms with van der Waals surface area (Å²) in [5.74, 6) is 3.27. The fourth-order valence-corrected chi connectivity index (χ4v) is 3.39. The van der Waals surface area contributed by atoms with Gasteiger partial charge < -0.3 is 14.9 Å². The predicted octanol–water partition coefficient (Wildman–Crippen LogP) is 4.21. The van der Waals surface area contributed by atoms with Gasteiger partial charge in [0.2, 0.25) is 0 Å². The molecule has 4 atom stereocenters. The first-order valence-corrected chi connectivity index (χ1v) is 7.97. The largest absolute Gasteiger partial charge is 0.464 e. The van der Waals surface area contributed by atoms with Crippen LogP contribution in [0.15, 0.2) is 16.5 Å². The molecule has 114 valence electrons. The van der Waals surface area contributed by atoms with Crippen LogP contribution in [0.5, 0.6) is 0 Å². The lowest BCUT2D eigenvalue weighted by atomic mass is 9.81. The Labute approximate surface area is 122 Å². The van der Waals surface area contributed by atoms with E-state index in [1.165, 1.54) is 6.42 Å². The molecule has 3 nitrogen and oxygen atoms in total. The average Bonchev–Trinajstić information content (AvgIpc) is 2.80. The summed E-state index contributed by atoms with van der Waals surface area (Å²) >= 11 is 0. The standard InChI is InChI=1S/C17H29NO2/c1-5-15(18)17(16-7-6-13(4)19-16)20-14-9-11(2)8-12(3)10-14/h6-7,11-12,14-15,17H,5,8-10,18H2,1-4H3. The second-order valence-electron chi connectivity index (χ2n) is 6.62. The molecule has 1 aliphatic rings. The number of hydrogen-bond acceptors (Lipinski definition) is 3. The highest BCUT2D eigenvalue weighted by Crippen LogP contribution is 2.34. The smallest absolute Gasteiger partial charge is 0.134 e. The predicted molar refractivity (Wildman–Crippen MR) is 81.5 cm³/mol. The molecule has 1 aliphatic carbocycles. The van der Waals surface area contributed by atoms with Gasteiger partial charge in [-0.1, -0.05) is 20.8 Å². The van der Waals surface area contributed by atoms with Gasteiger partial charge in [0.05, 0.1) is 6.10 Å². The van der Waals surface area contributed by atoms with E-state index in [2.05, 4.69) is 20.8 Å². The van der Waals surface area contributed by atoms with E-state index >= 15 is 0 Å². The van der Waals surface area contributed by atoms with E-state index in [1.54, 1.807) is 0 Å². The monoisotopic (exact) mass is 279 g/mol. The van der Waals surface area contributed by atoms with Crippen LogP contribution in [0.4, 0.5) is 0 Å². The van der Waals surface area contributed by atoms with Crippen molar-refractivity contribution in [2.75, 3.05) is 0 Å². The molecular weight excluding hydrogens is 250 g/mol. The number of furan rings is 1. The topological polar surface area (TPSA) is 48.4 Å². The lowest BCUT2D eigenvalue weighted by molar-refractivity contribution is -0.0693. The van der Waals surface area contributed by atoms with E-state index in [4.69, 9.17) is 14.9 Å². The molecule has 4 unspecified atom stereocenters. The van der Waals surface area contributed by atoms with Crippen LogP contribution in [-0.4, -0.2) is 12.1 Å². The fraction of sp³-hybridized carbons (Fsp3) is 0.765. The van der Waals surface area contributed by atoms with Crippen LogP contribution in [0, 0.1) is 18.8 Å². The molecule has 20 heavy (non-hydrogen) atoms. The van der Waals surface area contributed by atoms with E-state index in [9.17, 15) is 0 Å².